The zero-order chi connectivity index (χ0) is 17.5. The van der Waals surface area contributed by atoms with Crippen LogP contribution in [0.3, 0.4) is 0 Å². The summed E-state index contributed by atoms with van der Waals surface area (Å²) in [7, 11) is 0. The van der Waals surface area contributed by atoms with Gasteiger partial charge in [-0.15, -0.1) is 0 Å². The van der Waals surface area contributed by atoms with Crippen molar-refractivity contribution in [2.75, 3.05) is 10.6 Å². The number of aromatic nitrogens is 3. The summed E-state index contributed by atoms with van der Waals surface area (Å²) >= 11 is 0. The minimum Gasteiger partial charge on any atom is -0.380 e. The summed E-state index contributed by atoms with van der Waals surface area (Å²) in [4.78, 5) is 12.5. The van der Waals surface area contributed by atoms with Crippen LogP contribution in [0.4, 0.5) is 25.1 Å². The van der Waals surface area contributed by atoms with Crippen molar-refractivity contribution in [1.82, 2.24) is 15.0 Å². The molecule has 0 radical (unpaired) electrons. The van der Waals surface area contributed by atoms with Crippen molar-refractivity contribution in [2.45, 2.75) is 63.6 Å². The highest BCUT2D eigenvalue weighted by molar-refractivity contribution is 5.66. The first-order chi connectivity index (χ1) is 11.3. The van der Waals surface area contributed by atoms with E-state index in [0.29, 0.717) is 0 Å². The Kier molecular flexibility index (Phi) is 4.37. The largest absolute Gasteiger partial charge is 0.380 e. The van der Waals surface area contributed by atoms with Crippen LogP contribution < -0.4 is 10.6 Å². The molecule has 3 N–H and O–H groups in total. The van der Waals surface area contributed by atoms with Crippen molar-refractivity contribution < 1.29 is 18.3 Å². The molecule has 9 heteroatoms. The summed E-state index contributed by atoms with van der Waals surface area (Å²) in [6.07, 6.45) is -1.36. The molecule has 6 nitrogen and oxygen atoms in total. The lowest BCUT2D eigenvalue weighted by molar-refractivity contribution is -0.107. The van der Waals surface area contributed by atoms with Gasteiger partial charge in [0.2, 0.25) is 11.9 Å². The van der Waals surface area contributed by atoms with Crippen LogP contribution in [-0.4, -0.2) is 44.2 Å². The van der Waals surface area contributed by atoms with Gasteiger partial charge in [-0.2, -0.15) is 15.0 Å². The first kappa shape index (κ1) is 16.9. The minimum absolute atomic E-state index is 0.0247. The number of anilines is 2. The number of halogens is 3. The van der Waals surface area contributed by atoms with Crippen LogP contribution in [0.2, 0.25) is 0 Å². The molecule has 24 heavy (non-hydrogen) atoms. The van der Waals surface area contributed by atoms with E-state index in [-0.39, 0.29) is 41.8 Å². The Bertz CT molecular complexity index is 638. The van der Waals surface area contributed by atoms with E-state index in [0.717, 1.165) is 12.8 Å². The molecule has 0 amide bonds. The second-order valence-corrected chi connectivity index (χ2v) is 6.51. The molecule has 0 spiro atoms. The van der Waals surface area contributed by atoms with Gasteiger partial charge in [0.15, 0.2) is 11.9 Å². The Morgan fingerprint density at radius 1 is 1.17 bits per heavy atom. The van der Waals surface area contributed by atoms with Crippen LogP contribution >= 0.6 is 0 Å². The van der Waals surface area contributed by atoms with E-state index in [4.69, 9.17) is 0 Å². The van der Waals surface area contributed by atoms with Crippen LogP contribution in [0, 0.1) is 0 Å². The number of alkyl halides is 2. The first-order valence-corrected chi connectivity index (χ1v) is 8.00. The third-order valence-electron chi connectivity index (χ3n) is 3.87. The molecule has 3 rings (SSSR count). The molecular formula is C15H20F3N5O. The monoisotopic (exact) mass is 343 g/mol. The van der Waals surface area contributed by atoms with E-state index in [1.54, 1.807) is 0 Å². The number of allylic oxidation sites excluding steroid dienone is 1. The van der Waals surface area contributed by atoms with Gasteiger partial charge in [0.25, 0.3) is 5.92 Å². The van der Waals surface area contributed by atoms with Crippen molar-refractivity contribution >= 4 is 17.5 Å². The molecule has 0 unspecified atom stereocenters. The zero-order valence-corrected chi connectivity index (χ0v) is 13.5. The molecule has 0 aliphatic heterocycles. The van der Waals surface area contributed by atoms with Crippen molar-refractivity contribution in [1.29, 1.82) is 0 Å². The maximum absolute atomic E-state index is 14.2. The van der Waals surface area contributed by atoms with Gasteiger partial charge in [0, 0.05) is 24.1 Å². The second-order valence-electron chi connectivity index (χ2n) is 6.51. The van der Waals surface area contributed by atoms with Crippen LogP contribution in [0.15, 0.2) is 5.83 Å². The molecule has 2 aliphatic carbocycles. The standard InChI is InChI=1S/C15H20F3N5O/c1-7(2)19-13-21-12(22-14(23-13)20-8-3-4-8)9-5-6-15(17,18)11(24)10(9)16/h7-8,11,24H,3-6H2,1-2H3,(H2,19,20,21,22,23)/t11-/m1/s1. The van der Waals surface area contributed by atoms with Crippen LogP contribution in [0.5, 0.6) is 0 Å². The normalized spacial score (nSPS) is 23.5. The number of aliphatic hydroxyl groups is 1. The maximum atomic E-state index is 14.2. The van der Waals surface area contributed by atoms with Gasteiger partial charge in [-0.05, 0) is 33.1 Å². The van der Waals surface area contributed by atoms with Gasteiger partial charge >= 0.3 is 0 Å². The molecule has 1 fully saturated rings. The average Bonchev–Trinajstić information content (AvgIpc) is 3.28. The van der Waals surface area contributed by atoms with Gasteiger partial charge in [0.1, 0.15) is 5.83 Å². The number of rotatable bonds is 5. The van der Waals surface area contributed by atoms with Gasteiger partial charge < -0.3 is 15.7 Å². The molecule has 1 atom stereocenters. The second kappa shape index (κ2) is 6.19. The maximum Gasteiger partial charge on any atom is 0.280 e. The summed E-state index contributed by atoms with van der Waals surface area (Å²) in [5, 5.41) is 15.6. The van der Waals surface area contributed by atoms with Gasteiger partial charge in [-0.1, -0.05) is 0 Å². The number of nitrogens with one attached hydrogen (secondary N) is 2. The fourth-order valence-electron chi connectivity index (χ4n) is 2.43. The highest BCUT2D eigenvalue weighted by Crippen LogP contribution is 2.41. The number of nitrogens with zero attached hydrogens (tertiary/aromatic N) is 3. The Morgan fingerprint density at radius 2 is 1.83 bits per heavy atom. The highest BCUT2D eigenvalue weighted by Gasteiger charge is 2.46. The molecule has 1 saturated carbocycles. The molecular weight excluding hydrogens is 323 g/mol. The first-order valence-electron chi connectivity index (χ1n) is 8.00. The summed E-state index contributed by atoms with van der Waals surface area (Å²) in [5.74, 6) is -4.26. The van der Waals surface area contributed by atoms with E-state index < -0.39 is 24.3 Å². The SMILES string of the molecule is CC(C)Nc1nc(NC2CC2)nc(C2=C(F)[C@@H](O)C(F)(F)CC2)n1. The highest BCUT2D eigenvalue weighted by atomic mass is 19.3. The van der Waals surface area contributed by atoms with Crippen molar-refractivity contribution in [3.05, 3.63) is 11.7 Å². The lowest BCUT2D eigenvalue weighted by Gasteiger charge is -2.27. The van der Waals surface area contributed by atoms with E-state index in [2.05, 4.69) is 25.6 Å². The van der Waals surface area contributed by atoms with Crippen LogP contribution in [-0.2, 0) is 0 Å². The molecule has 1 aromatic heterocycles. The summed E-state index contributed by atoms with van der Waals surface area (Å²) in [6, 6.07) is 0.307. The zero-order valence-electron chi connectivity index (χ0n) is 13.5. The Balaban J connectivity index is 1.97. The Morgan fingerprint density at radius 3 is 2.46 bits per heavy atom. The van der Waals surface area contributed by atoms with E-state index in [1.165, 1.54) is 0 Å². The van der Waals surface area contributed by atoms with E-state index in [9.17, 15) is 18.3 Å². The number of hydrogen-bond acceptors (Lipinski definition) is 6. The summed E-state index contributed by atoms with van der Waals surface area (Å²) in [6.45, 7) is 3.78. The van der Waals surface area contributed by atoms with Crippen LogP contribution in [0.1, 0.15) is 45.4 Å². The lowest BCUT2D eigenvalue weighted by atomic mass is 9.92. The summed E-state index contributed by atoms with van der Waals surface area (Å²) in [5.41, 5.74) is -0.0959. The Labute approximate surface area is 137 Å². The topological polar surface area (TPSA) is 83.0 Å². The van der Waals surface area contributed by atoms with E-state index in [1.807, 2.05) is 13.8 Å². The average molecular weight is 343 g/mol. The van der Waals surface area contributed by atoms with Gasteiger partial charge in [-0.25, -0.2) is 13.2 Å². The predicted octanol–water partition coefficient (Wildman–Crippen LogP) is 2.74. The fraction of sp³-hybridized carbons (Fsp3) is 0.667. The number of aliphatic hydroxyl groups excluding tert-OH is 1. The van der Waals surface area contributed by atoms with Crippen molar-refractivity contribution in [3.8, 4) is 0 Å². The van der Waals surface area contributed by atoms with E-state index >= 15 is 0 Å². The molecule has 0 saturated heterocycles. The van der Waals surface area contributed by atoms with Crippen molar-refractivity contribution in [3.63, 3.8) is 0 Å². The third-order valence-corrected chi connectivity index (χ3v) is 3.87. The summed E-state index contributed by atoms with van der Waals surface area (Å²) < 4.78 is 41.1. The molecule has 1 heterocycles. The van der Waals surface area contributed by atoms with Crippen molar-refractivity contribution in [2.24, 2.45) is 0 Å². The Hall–Kier alpha value is -1.90. The smallest absolute Gasteiger partial charge is 0.280 e. The molecule has 132 valence electrons. The minimum atomic E-state index is -3.48. The molecule has 2 aliphatic rings. The fourth-order valence-corrected chi connectivity index (χ4v) is 2.43. The van der Waals surface area contributed by atoms with Gasteiger partial charge in [-0.3, -0.25) is 0 Å². The predicted molar refractivity (Wildman–Crippen MR) is 83.4 cm³/mol. The molecule has 0 bridgehead atoms. The van der Waals surface area contributed by atoms with Crippen LogP contribution in [0.25, 0.3) is 5.57 Å². The third kappa shape index (κ3) is 3.61. The molecule has 1 aromatic rings. The molecule has 0 aromatic carbocycles. The quantitative estimate of drug-likeness (QED) is 0.762. The lowest BCUT2D eigenvalue weighted by Crippen LogP contribution is -2.37. The van der Waals surface area contributed by atoms with Gasteiger partial charge in [0.05, 0.1) is 0 Å². The number of hydrogen-bond donors (Lipinski definition) is 3.